The van der Waals surface area contributed by atoms with Gasteiger partial charge in [0.05, 0.1) is 17.9 Å². The van der Waals surface area contributed by atoms with Crippen LogP contribution in [-0.2, 0) is 0 Å². The lowest BCUT2D eigenvalue weighted by Crippen LogP contribution is -2.27. The predicted molar refractivity (Wildman–Crippen MR) is 99.3 cm³/mol. The van der Waals surface area contributed by atoms with E-state index in [1.165, 1.54) is 17.1 Å². The molecule has 1 atom stereocenters. The quantitative estimate of drug-likeness (QED) is 0.595. The molecule has 0 radical (unpaired) electrons. The van der Waals surface area contributed by atoms with Crippen molar-refractivity contribution >= 4 is 27.5 Å². The van der Waals surface area contributed by atoms with E-state index in [4.69, 9.17) is 4.42 Å². The Bertz CT molecular complexity index is 985. The molecule has 2 heterocycles. The molecule has 1 aliphatic heterocycles. The molecule has 3 aromatic rings. The fraction of sp³-hybridized carbons (Fsp3) is 0.100. The molecule has 2 aromatic carbocycles. The monoisotopic (exact) mass is 412 g/mol. The van der Waals surface area contributed by atoms with Crippen LogP contribution in [0, 0.1) is 5.82 Å². The van der Waals surface area contributed by atoms with E-state index in [9.17, 15) is 9.18 Å². The minimum absolute atomic E-state index is 0.00283. The van der Waals surface area contributed by atoms with E-state index in [0.717, 1.165) is 10.0 Å². The van der Waals surface area contributed by atoms with Crippen LogP contribution < -0.4 is 0 Å². The van der Waals surface area contributed by atoms with Gasteiger partial charge in [-0.15, -0.1) is 0 Å². The number of carbonyl (C=O) groups excluding carboxylic acids is 1. The number of hydrogen-bond donors (Lipinski definition) is 0. The second kappa shape index (κ2) is 6.88. The number of nitrogens with zero attached hydrogens (tertiary/aromatic N) is 2. The molecule has 1 aromatic heterocycles. The second-order valence-electron chi connectivity index (χ2n) is 5.93. The number of hydrazone groups is 1. The van der Waals surface area contributed by atoms with Gasteiger partial charge in [-0.05, 0) is 42.0 Å². The van der Waals surface area contributed by atoms with Crippen molar-refractivity contribution < 1.29 is 13.6 Å². The maximum absolute atomic E-state index is 14.1. The molecular formula is C20H14BrFN2O2. The second-order valence-corrected chi connectivity index (χ2v) is 6.84. The van der Waals surface area contributed by atoms with E-state index in [-0.39, 0.29) is 11.6 Å². The van der Waals surface area contributed by atoms with Crippen molar-refractivity contribution in [3.63, 3.8) is 0 Å². The van der Waals surface area contributed by atoms with Crippen molar-refractivity contribution in [1.29, 1.82) is 0 Å². The van der Waals surface area contributed by atoms with E-state index >= 15 is 0 Å². The normalized spacial score (nSPS) is 16.6. The maximum Gasteiger partial charge on any atom is 0.277 e. The molecule has 6 heteroatoms. The summed E-state index contributed by atoms with van der Waals surface area (Å²) in [5.74, 6) is -0.435. The predicted octanol–water partition coefficient (Wildman–Crippen LogP) is 5.17. The zero-order chi connectivity index (χ0) is 18.1. The minimum atomic E-state index is -0.563. The first-order valence-electron chi connectivity index (χ1n) is 8.08. The van der Waals surface area contributed by atoms with E-state index < -0.39 is 11.7 Å². The van der Waals surface area contributed by atoms with Crippen molar-refractivity contribution in [1.82, 2.24) is 5.01 Å². The Morgan fingerprint density at radius 1 is 1.15 bits per heavy atom. The fourth-order valence-electron chi connectivity index (χ4n) is 3.02. The first kappa shape index (κ1) is 16.7. The van der Waals surface area contributed by atoms with Gasteiger partial charge < -0.3 is 4.42 Å². The van der Waals surface area contributed by atoms with Crippen LogP contribution in [0.2, 0.25) is 0 Å². The molecule has 26 heavy (non-hydrogen) atoms. The van der Waals surface area contributed by atoms with Crippen molar-refractivity contribution in [2.24, 2.45) is 5.10 Å². The summed E-state index contributed by atoms with van der Waals surface area (Å²) in [6.07, 6.45) is 2.05. The number of benzene rings is 2. The van der Waals surface area contributed by atoms with Crippen LogP contribution in [-0.4, -0.2) is 16.6 Å². The highest BCUT2D eigenvalue weighted by Gasteiger charge is 2.35. The summed E-state index contributed by atoms with van der Waals surface area (Å²) in [7, 11) is 0. The molecule has 130 valence electrons. The number of hydrogen-bond acceptors (Lipinski definition) is 3. The zero-order valence-corrected chi connectivity index (χ0v) is 15.2. The summed E-state index contributed by atoms with van der Waals surface area (Å²) in [4.78, 5) is 13.0. The maximum atomic E-state index is 14.1. The van der Waals surface area contributed by atoms with Gasteiger partial charge in [0.15, 0.2) is 0 Å². The Morgan fingerprint density at radius 3 is 2.73 bits per heavy atom. The summed E-state index contributed by atoms with van der Waals surface area (Å²) in [5.41, 5.74) is 1.57. The van der Waals surface area contributed by atoms with Gasteiger partial charge in [0, 0.05) is 10.9 Å². The van der Waals surface area contributed by atoms with Gasteiger partial charge in [-0.25, -0.2) is 9.40 Å². The molecule has 0 fully saturated rings. The van der Waals surface area contributed by atoms with Crippen molar-refractivity contribution in [3.05, 3.63) is 94.1 Å². The minimum Gasteiger partial charge on any atom is -0.463 e. The Balaban J connectivity index is 1.76. The molecule has 0 saturated heterocycles. The van der Waals surface area contributed by atoms with E-state index in [2.05, 4.69) is 21.0 Å². The third kappa shape index (κ3) is 3.08. The molecule has 0 aliphatic carbocycles. The van der Waals surface area contributed by atoms with Crippen molar-refractivity contribution in [2.75, 3.05) is 0 Å². The third-order valence-electron chi connectivity index (χ3n) is 4.26. The van der Waals surface area contributed by atoms with Gasteiger partial charge in [0.2, 0.25) is 0 Å². The summed E-state index contributed by atoms with van der Waals surface area (Å²) in [6.45, 7) is 0. The molecule has 1 aliphatic rings. The highest BCUT2D eigenvalue weighted by Crippen LogP contribution is 2.35. The van der Waals surface area contributed by atoms with Crippen LogP contribution in [0.5, 0.6) is 0 Å². The van der Waals surface area contributed by atoms with Gasteiger partial charge in [-0.3, -0.25) is 4.79 Å². The molecule has 0 bridgehead atoms. The Hall–Kier alpha value is -2.73. The summed E-state index contributed by atoms with van der Waals surface area (Å²) in [6, 6.07) is 16.8. The van der Waals surface area contributed by atoms with Gasteiger partial charge >= 0.3 is 0 Å². The first-order valence-corrected chi connectivity index (χ1v) is 8.87. The highest BCUT2D eigenvalue weighted by atomic mass is 79.9. The number of carbonyl (C=O) groups is 1. The number of rotatable bonds is 3. The number of amides is 1. The largest absolute Gasteiger partial charge is 0.463 e. The Labute approximate surface area is 158 Å². The smallest absolute Gasteiger partial charge is 0.277 e. The van der Waals surface area contributed by atoms with E-state index in [0.29, 0.717) is 17.9 Å². The standard InChI is InChI=1S/C20H14BrFN2O2/c21-14-6-3-5-13(11-14)18-12-17(19-9-4-10-26-19)23-24(18)20(25)15-7-1-2-8-16(15)22/h1-11,18H,12H2. The topological polar surface area (TPSA) is 45.8 Å². The third-order valence-corrected chi connectivity index (χ3v) is 4.76. The lowest BCUT2D eigenvalue weighted by atomic mass is 10.0. The average Bonchev–Trinajstić information content (AvgIpc) is 3.31. The summed E-state index contributed by atoms with van der Waals surface area (Å²) < 4.78 is 20.5. The van der Waals surface area contributed by atoms with Crippen LogP contribution in [0.3, 0.4) is 0 Å². The molecule has 0 saturated carbocycles. The molecular weight excluding hydrogens is 399 g/mol. The van der Waals surface area contributed by atoms with Crippen molar-refractivity contribution in [2.45, 2.75) is 12.5 Å². The molecule has 4 rings (SSSR count). The van der Waals surface area contributed by atoms with E-state index in [1.54, 1.807) is 30.5 Å². The van der Waals surface area contributed by atoms with Gasteiger partial charge in [-0.1, -0.05) is 40.2 Å². The van der Waals surface area contributed by atoms with Crippen LogP contribution in [0.4, 0.5) is 4.39 Å². The molecule has 0 spiro atoms. The molecule has 1 amide bonds. The number of halogens is 2. The number of furan rings is 1. The molecule has 1 unspecified atom stereocenters. The van der Waals surface area contributed by atoms with E-state index in [1.807, 2.05) is 24.3 Å². The Morgan fingerprint density at radius 2 is 2.00 bits per heavy atom. The van der Waals surface area contributed by atoms with Gasteiger partial charge in [0.1, 0.15) is 17.3 Å². The highest BCUT2D eigenvalue weighted by molar-refractivity contribution is 9.10. The lowest BCUT2D eigenvalue weighted by molar-refractivity contribution is 0.0706. The van der Waals surface area contributed by atoms with Gasteiger partial charge in [0.25, 0.3) is 5.91 Å². The Kier molecular flexibility index (Phi) is 4.42. The van der Waals surface area contributed by atoms with Crippen LogP contribution in [0.15, 0.2) is 80.9 Å². The van der Waals surface area contributed by atoms with Crippen LogP contribution in [0.1, 0.15) is 34.1 Å². The average molecular weight is 413 g/mol. The zero-order valence-electron chi connectivity index (χ0n) is 13.6. The SMILES string of the molecule is O=C(c1ccccc1F)N1N=C(c2ccco2)CC1c1cccc(Br)c1. The van der Waals surface area contributed by atoms with Crippen LogP contribution in [0.25, 0.3) is 0 Å². The fourth-order valence-corrected chi connectivity index (χ4v) is 3.44. The van der Waals surface area contributed by atoms with Gasteiger partial charge in [-0.2, -0.15) is 5.10 Å². The summed E-state index contributed by atoms with van der Waals surface area (Å²) >= 11 is 3.46. The first-order chi connectivity index (χ1) is 12.6. The lowest BCUT2D eigenvalue weighted by Gasteiger charge is -2.22. The molecule has 0 N–H and O–H groups in total. The summed E-state index contributed by atoms with van der Waals surface area (Å²) in [5, 5.41) is 5.81. The van der Waals surface area contributed by atoms with Crippen LogP contribution >= 0.6 is 15.9 Å². The molecule has 4 nitrogen and oxygen atoms in total. The van der Waals surface area contributed by atoms with Crippen molar-refractivity contribution in [3.8, 4) is 0 Å².